The predicted molar refractivity (Wildman–Crippen MR) is 92.3 cm³/mol. The molecule has 0 saturated carbocycles. The van der Waals surface area contributed by atoms with Gasteiger partial charge in [-0.2, -0.15) is 0 Å². The van der Waals surface area contributed by atoms with Gasteiger partial charge in [0.05, 0.1) is 15.7 Å². The van der Waals surface area contributed by atoms with E-state index in [1.165, 1.54) is 12.1 Å². The van der Waals surface area contributed by atoms with E-state index in [0.717, 1.165) is 11.5 Å². The molecule has 7 heteroatoms. The molecule has 3 aromatic rings. The van der Waals surface area contributed by atoms with Gasteiger partial charge in [0.1, 0.15) is 17.1 Å². The van der Waals surface area contributed by atoms with Crippen LogP contribution in [0.1, 0.15) is 0 Å². The molecular weight excluding hydrogens is 354 g/mol. The van der Waals surface area contributed by atoms with E-state index in [1.54, 1.807) is 24.4 Å². The molecule has 0 fully saturated rings. The summed E-state index contributed by atoms with van der Waals surface area (Å²) in [4.78, 5) is 16.2. The van der Waals surface area contributed by atoms with Crippen molar-refractivity contribution in [3.8, 4) is 5.75 Å². The van der Waals surface area contributed by atoms with E-state index in [1.807, 2.05) is 6.07 Å². The molecule has 1 amide bonds. The van der Waals surface area contributed by atoms with E-state index in [4.69, 9.17) is 27.9 Å². The first-order chi connectivity index (χ1) is 11.5. The van der Waals surface area contributed by atoms with Gasteiger partial charge in [0.2, 0.25) is 0 Å². The average Bonchev–Trinajstić information content (AvgIpc) is 2.57. The lowest BCUT2D eigenvalue weighted by Crippen LogP contribution is -2.20. The first-order valence-corrected chi connectivity index (χ1v) is 7.71. The normalized spacial score (nSPS) is 10.6. The minimum Gasteiger partial charge on any atom is -0.481 e. The van der Waals surface area contributed by atoms with Crippen molar-refractivity contribution >= 4 is 45.7 Å². The Bertz CT molecular complexity index is 918. The van der Waals surface area contributed by atoms with Crippen LogP contribution < -0.4 is 10.1 Å². The van der Waals surface area contributed by atoms with Gasteiger partial charge in [0.15, 0.2) is 6.61 Å². The largest absolute Gasteiger partial charge is 0.481 e. The van der Waals surface area contributed by atoms with Crippen molar-refractivity contribution in [1.82, 2.24) is 4.98 Å². The van der Waals surface area contributed by atoms with Crippen LogP contribution in [0, 0.1) is 5.82 Å². The lowest BCUT2D eigenvalue weighted by molar-refractivity contribution is -0.118. The quantitative estimate of drug-likeness (QED) is 0.729. The zero-order valence-corrected chi connectivity index (χ0v) is 13.7. The number of anilines is 1. The molecule has 2 aromatic carbocycles. The van der Waals surface area contributed by atoms with Gasteiger partial charge in [-0.05, 0) is 42.5 Å². The summed E-state index contributed by atoms with van der Waals surface area (Å²) in [6.45, 7) is -0.249. The number of benzene rings is 2. The fourth-order valence-electron chi connectivity index (χ4n) is 2.15. The molecule has 0 atom stereocenters. The predicted octanol–water partition coefficient (Wildman–Crippen LogP) is 4.70. The monoisotopic (exact) mass is 364 g/mol. The van der Waals surface area contributed by atoms with Crippen LogP contribution >= 0.6 is 23.2 Å². The second-order valence-corrected chi connectivity index (χ2v) is 5.72. The number of halogens is 3. The van der Waals surface area contributed by atoms with Gasteiger partial charge in [-0.25, -0.2) is 4.39 Å². The minimum atomic E-state index is -0.479. The fourth-order valence-corrected chi connectivity index (χ4v) is 2.58. The maximum absolute atomic E-state index is 13.0. The van der Waals surface area contributed by atoms with Crippen LogP contribution in [-0.4, -0.2) is 17.5 Å². The van der Waals surface area contributed by atoms with E-state index in [0.29, 0.717) is 22.0 Å². The van der Waals surface area contributed by atoms with Gasteiger partial charge in [0, 0.05) is 11.6 Å². The number of nitrogens with one attached hydrogen (secondary N) is 1. The summed E-state index contributed by atoms with van der Waals surface area (Å²) in [6.07, 6.45) is 1.61. The second kappa shape index (κ2) is 7.03. The molecule has 3 rings (SSSR count). The van der Waals surface area contributed by atoms with Crippen molar-refractivity contribution in [2.75, 3.05) is 11.9 Å². The molecule has 0 unspecified atom stereocenters. The molecule has 0 radical (unpaired) electrons. The van der Waals surface area contributed by atoms with Gasteiger partial charge >= 0.3 is 0 Å². The number of hydrogen-bond acceptors (Lipinski definition) is 3. The van der Waals surface area contributed by atoms with Crippen molar-refractivity contribution in [2.24, 2.45) is 0 Å². The van der Waals surface area contributed by atoms with Gasteiger partial charge in [-0.15, -0.1) is 0 Å². The first-order valence-electron chi connectivity index (χ1n) is 6.95. The highest BCUT2D eigenvalue weighted by atomic mass is 35.5. The summed E-state index contributed by atoms with van der Waals surface area (Å²) in [5, 5.41) is 3.95. The maximum atomic E-state index is 13.0. The summed E-state index contributed by atoms with van der Waals surface area (Å²) < 4.78 is 18.5. The van der Waals surface area contributed by atoms with Crippen LogP contribution in [-0.2, 0) is 4.79 Å². The van der Waals surface area contributed by atoms with Crippen LogP contribution in [0.3, 0.4) is 0 Å². The Hall–Kier alpha value is -2.37. The smallest absolute Gasteiger partial charge is 0.262 e. The van der Waals surface area contributed by atoms with Gasteiger partial charge in [-0.3, -0.25) is 9.78 Å². The van der Waals surface area contributed by atoms with E-state index < -0.39 is 11.7 Å². The van der Waals surface area contributed by atoms with Gasteiger partial charge < -0.3 is 10.1 Å². The molecule has 1 heterocycles. The molecule has 1 N–H and O–H groups in total. The number of carbonyl (C=O) groups excluding carboxylic acids is 1. The van der Waals surface area contributed by atoms with Crippen molar-refractivity contribution < 1.29 is 13.9 Å². The highest BCUT2D eigenvalue weighted by Crippen LogP contribution is 2.29. The summed E-state index contributed by atoms with van der Waals surface area (Å²) in [7, 11) is 0. The number of ether oxygens (including phenoxy) is 1. The molecule has 0 aliphatic carbocycles. The number of fused-ring (bicyclic) bond motifs is 1. The van der Waals surface area contributed by atoms with E-state index in [9.17, 15) is 9.18 Å². The van der Waals surface area contributed by atoms with Crippen LogP contribution in [0.4, 0.5) is 10.1 Å². The molecule has 0 spiro atoms. The molecular formula is C17H11Cl2FN2O2. The third kappa shape index (κ3) is 3.58. The lowest BCUT2D eigenvalue weighted by atomic mass is 10.2. The number of rotatable bonds is 4. The number of hydrogen-bond donors (Lipinski definition) is 1. The zero-order chi connectivity index (χ0) is 17.1. The Morgan fingerprint density at radius 3 is 2.79 bits per heavy atom. The molecule has 0 bridgehead atoms. The topological polar surface area (TPSA) is 51.2 Å². The summed E-state index contributed by atoms with van der Waals surface area (Å²) in [5.41, 5.74) is 0.878. The standard InChI is InChI=1S/C17H11Cl2FN2O2/c18-12-4-6-15(17-11(12)2-1-7-21-17)24-9-16(23)22-14-5-3-10(20)8-13(14)19/h1-8H,9H2,(H,22,23). The molecule has 122 valence electrons. The SMILES string of the molecule is O=C(COc1ccc(Cl)c2cccnc12)Nc1ccc(F)cc1Cl. The highest BCUT2D eigenvalue weighted by Gasteiger charge is 2.11. The summed E-state index contributed by atoms with van der Waals surface area (Å²) in [5.74, 6) is -0.467. The van der Waals surface area contributed by atoms with Crippen molar-refractivity contribution in [3.63, 3.8) is 0 Å². The highest BCUT2D eigenvalue weighted by molar-refractivity contribution is 6.35. The molecule has 0 aliphatic heterocycles. The average molecular weight is 365 g/mol. The molecule has 24 heavy (non-hydrogen) atoms. The maximum Gasteiger partial charge on any atom is 0.262 e. The van der Waals surface area contributed by atoms with E-state index in [-0.39, 0.29) is 11.6 Å². The Labute approximate surface area is 147 Å². The van der Waals surface area contributed by atoms with E-state index in [2.05, 4.69) is 10.3 Å². The van der Waals surface area contributed by atoms with Crippen LogP contribution in [0.15, 0.2) is 48.7 Å². The second-order valence-electron chi connectivity index (χ2n) is 4.91. The third-order valence-corrected chi connectivity index (χ3v) is 3.89. The number of pyridine rings is 1. The van der Waals surface area contributed by atoms with Gasteiger partial charge in [-0.1, -0.05) is 23.2 Å². The Balaban J connectivity index is 1.72. The number of amides is 1. The lowest BCUT2D eigenvalue weighted by Gasteiger charge is -2.10. The van der Waals surface area contributed by atoms with Crippen LogP contribution in [0.5, 0.6) is 5.75 Å². The third-order valence-electron chi connectivity index (χ3n) is 3.24. The molecule has 4 nitrogen and oxygen atoms in total. The number of aromatic nitrogens is 1. The molecule has 0 aliphatic rings. The van der Waals surface area contributed by atoms with E-state index >= 15 is 0 Å². The Morgan fingerprint density at radius 2 is 2.00 bits per heavy atom. The van der Waals surface area contributed by atoms with Crippen molar-refractivity contribution in [2.45, 2.75) is 0 Å². The molecule has 0 saturated heterocycles. The summed E-state index contributed by atoms with van der Waals surface area (Å²) >= 11 is 12.0. The number of carbonyl (C=O) groups is 1. The Morgan fingerprint density at radius 1 is 1.17 bits per heavy atom. The fraction of sp³-hybridized carbons (Fsp3) is 0.0588. The van der Waals surface area contributed by atoms with Gasteiger partial charge in [0.25, 0.3) is 5.91 Å². The molecule has 1 aromatic heterocycles. The number of nitrogens with zero attached hydrogens (tertiary/aromatic N) is 1. The van der Waals surface area contributed by atoms with Crippen LogP contribution in [0.25, 0.3) is 10.9 Å². The summed E-state index contributed by atoms with van der Waals surface area (Å²) in [6, 6.07) is 10.6. The van der Waals surface area contributed by atoms with Crippen molar-refractivity contribution in [3.05, 3.63) is 64.5 Å². The van der Waals surface area contributed by atoms with Crippen molar-refractivity contribution in [1.29, 1.82) is 0 Å². The minimum absolute atomic E-state index is 0.113. The zero-order valence-electron chi connectivity index (χ0n) is 12.2. The van der Waals surface area contributed by atoms with Crippen LogP contribution in [0.2, 0.25) is 10.0 Å². The Kier molecular flexibility index (Phi) is 4.83. The first kappa shape index (κ1) is 16.5.